The molecule has 0 radical (unpaired) electrons. The number of thiophene rings is 1. The van der Waals surface area contributed by atoms with E-state index >= 15 is 0 Å². The number of piperidine rings is 1. The van der Waals surface area contributed by atoms with Gasteiger partial charge in [-0.25, -0.2) is 8.42 Å². The van der Waals surface area contributed by atoms with Crippen LogP contribution in [0.4, 0.5) is 5.69 Å². The van der Waals surface area contributed by atoms with Crippen molar-refractivity contribution in [1.29, 1.82) is 0 Å². The van der Waals surface area contributed by atoms with E-state index in [4.69, 9.17) is 4.52 Å². The van der Waals surface area contributed by atoms with Gasteiger partial charge in [0, 0.05) is 30.6 Å². The van der Waals surface area contributed by atoms with E-state index < -0.39 is 15.9 Å². The van der Waals surface area contributed by atoms with Crippen molar-refractivity contribution in [2.45, 2.75) is 45.4 Å². The molecule has 1 aliphatic heterocycles. The fraction of sp³-hybridized carbons (Fsp3) is 0.409. The molecule has 1 amide bonds. The molecule has 0 aliphatic carbocycles. The number of anilines is 1. The minimum absolute atomic E-state index is 0.153. The first-order chi connectivity index (χ1) is 15.1. The zero-order valence-electron chi connectivity index (χ0n) is 18.5. The van der Waals surface area contributed by atoms with Crippen LogP contribution in [0.25, 0.3) is 10.7 Å². The molecule has 4 rings (SSSR count). The van der Waals surface area contributed by atoms with E-state index in [1.807, 2.05) is 32.0 Å². The van der Waals surface area contributed by atoms with Crippen LogP contribution in [0.1, 0.15) is 34.7 Å². The molecule has 0 spiro atoms. The van der Waals surface area contributed by atoms with E-state index in [9.17, 15) is 13.2 Å². The summed E-state index contributed by atoms with van der Waals surface area (Å²) in [6.45, 7) is 7.95. The average Bonchev–Trinajstić information content (AvgIpc) is 3.33. The third-order valence-electron chi connectivity index (χ3n) is 5.48. The van der Waals surface area contributed by atoms with Crippen molar-refractivity contribution in [2.75, 3.05) is 18.4 Å². The van der Waals surface area contributed by atoms with Crippen molar-refractivity contribution in [3.05, 3.63) is 46.2 Å². The van der Waals surface area contributed by atoms with Crippen molar-refractivity contribution in [2.24, 2.45) is 5.92 Å². The van der Waals surface area contributed by atoms with Gasteiger partial charge >= 0.3 is 0 Å². The highest BCUT2D eigenvalue weighted by molar-refractivity contribution is 7.89. The van der Waals surface area contributed by atoms with Crippen molar-refractivity contribution in [3.8, 4) is 10.7 Å². The summed E-state index contributed by atoms with van der Waals surface area (Å²) in [5.74, 6) is 0.239. The largest absolute Gasteiger partial charge is 0.339 e. The van der Waals surface area contributed by atoms with Gasteiger partial charge in [0.15, 0.2) is 0 Å². The predicted molar refractivity (Wildman–Crippen MR) is 123 cm³/mol. The van der Waals surface area contributed by atoms with Crippen LogP contribution in [-0.4, -0.2) is 41.9 Å². The predicted octanol–water partition coefficient (Wildman–Crippen LogP) is 4.07. The van der Waals surface area contributed by atoms with Crippen LogP contribution < -0.4 is 5.32 Å². The van der Waals surface area contributed by atoms with Gasteiger partial charge in [0.25, 0.3) is 0 Å². The van der Waals surface area contributed by atoms with Gasteiger partial charge in [-0.05, 0) is 62.9 Å². The summed E-state index contributed by atoms with van der Waals surface area (Å²) < 4.78 is 33.3. The Labute approximate surface area is 191 Å². The first-order valence-electron chi connectivity index (χ1n) is 10.4. The number of hydrogen-bond donors (Lipinski definition) is 1. The van der Waals surface area contributed by atoms with Crippen LogP contribution >= 0.6 is 11.3 Å². The molecule has 1 N–H and O–H groups in total. The third-order valence-corrected chi connectivity index (χ3v) is 8.65. The quantitative estimate of drug-likeness (QED) is 0.598. The Kier molecular flexibility index (Phi) is 6.19. The molecular weight excluding hydrogens is 448 g/mol. The maximum atomic E-state index is 13.4. The zero-order valence-corrected chi connectivity index (χ0v) is 20.1. The highest BCUT2D eigenvalue weighted by Gasteiger charge is 2.35. The average molecular weight is 475 g/mol. The second kappa shape index (κ2) is 8.76. The number of rotatable bonds is 5. The van der Waals surface area contributed by atoms with Crippen LogP contribution in [0, 0.1) is 33.6 Å². The Morgan fingerprint density at radius 1 is 1.16 bits per heavy atom. The first-order valence-corrected chi connectivity index (χ1v) is 12.7. The van der Waals surface area contributed by atoms with Crippen molar-refractivity contribution >= 4 is 33.0 Å². The number of benzene rings is 1. The number of amides is 1. The number of carbonyl (C=O) groups is 1. The molecule has 3 aromatic rings. The summed E-state index contributed by atoms with van der Waals surface area (Å²) in [6.07, 6.45) is 1.28. The Bertz CT molecular complexity index is 1240. The summed E-state index contributed by atoms with van der Waals surface area (Å²) in [6, 6.07) is 7.47. The second-order valence-electron chi connectivity index (χ2n) is 8.24. The fourth-order valence-electron chi connectivity index (χ4n) is 4.04. The monoisotopic (exact) mass is 474 g/mol. The topological polar surface area (TPSA) is 105 Å². The molecule has 170 valence electrons. The van der Waals surface area contributed by atoms with Gasteiger partial charge in [-0.15, -0.1) is 11.3 Å². The van der Waals surface area contributed by atoms with Gasteiger partial charge in [-0.2, -0.15) is 9.29 Å². The molecular formula is C22H26N4O4S2. The molecule has 1 aromatic carbocycles. The van der Waals surface area contributed by atoms with Crippen LogP contribution in [0.5, 0.6) is 0 Å². The number of carbonyl (C=O) groups excluding carboxylic acids is 1. The lowest BCUT2D eigenvalue weighted by molar-refractivity contribution is -0.120. The summed E-state index contributed by atoms with van der Waals surface area (Å²) in [4.78, 5) is 18.6. The summed E-state index contributed by atoms with van der Waals surface area (Å²) in [7, 11) is -3.75. The summed E-state index contributed by atoms with van der Waals surface area (Å²) in [5.41, 5.74) is 2.86. The van der Waals surface area contributed by atoms with E-state index in [2.05, 4.69) is 15.5 Å². The Morgan fingerprint density at radius 2 is 1.88 bits per heavy atom. The molecule has 1 fully saturated rings. The van der Waals surface area contributed by atoms with Crippen molar-refractivity contribution in [3.63, 3.8) is 0 Å². The lowest BCUT2D eigenvalue weighted by Gasteiger charge is -2.31. The molecule has 0 bridgehead atoms. The SMILES string of the molecule is Cc1cc(C)cc(NC(=O)[C@@H]2CCCN(S(=O)(=O)c3cc(-c4noc(C)n4)sc3C)C2)c1. The standard InChI is InChI=1S/C22H26N4O4S2/c1-13-8-14(2)10-18(9-13)24-22(27)17-6-5-7-26(12-17)32(28,29)20-11-19(31-15(20)3)21-23-16(4)30-25-21/h8-11,17H,5-7,12H2,1-4H3,(H,24,27)/t17-/m1/s1. The van der Waals surface area contributed by atoms with Crippen molar-refractivity contribution in [1.82, 2.24) is 14.4 Å². The van der Waals surface area contributed by atoms with Crippen LogP contribution in [0.3, 0.4) is 0 Å². The molecule has 8 nitrogen and oxygen atoms in total. The Morgan fingerprint density at radius 3 is 2.53 bits per heavy atom. The third kappa shape index (κ3) is 4.62. The Hall–Kier alpha value is -2.56. The molecule has 1 atom stereocenters. The highest BCUT2D eigenvalue weighted by atomic mass is 32.2. The lowest BCUT2D eigenvalue weighted by atomic mass is 9.98. The minimum Gasteiger partial charge on any atom is -0.339 e. The number of sulfonamides is 1. The maximum Gasteiger partial charge on any atom is 0.244 e. The molecule has 0 unspecified atom stereocenters. The van der Waals surface area contributed by atoms with Gasteiger partial charge < -0.3 is 9.84 Å². The number of nitrogens with zero attached hydrogens (tertiary/aromatic N) is 3. The fourth-order valence-corrected chi connectivity index (χ4v) is 7.05. The van der Waals surface area contributed by atoms with Crippen molar-refractivity contribution < 1.29 is 17.7 Å². The molecule has 2 aromatic heterocycles. The number of nitrogens with one attached hydrogen (secondary N) is 1. The van der Waals surface area contributed by atoms with E-state index in [1.165, 1.54) is 15.6 Å². The van der Waals surface area contributed by atoms with E-state index in [0.717, 1.165) is 16.8 Å². The van der Waals surface area contributed by atoms with Gasteiger partial charge in [0.1, 0.15) is 0 Å². The first kappa shape index (κ1) is 22.6. The summed E-state index contributed by atoms with van der Waals surface area (Å²) >= 11 is 1.31. The number of aryl methyl sites for hydroxylation is 4. The smallest absolute Gasteiger partial charge is 0.244 e. The van der Waals surface area contributed by atoms with Gasteiger partial charge in [0.05, 0.1) is 15.7 Å². The Balaban J connectivity index is 1.52. The van der Waals surface area contributed by atoms with Gasteiger partial charge in [-0.1, -0.05) is 11.2 Å². The highest BCUT2D eigenvalue weighted by Crippen LogP contribution is 2.35. The minimum atomic E-state index is -3.75. The molecule has 0 saturated carbocycles. The van der Waals surface area contributed by atoms with E-state index in [-0.39, 0.29) is 17.3 Å². The van der Waals surface area contributed by atoms with E-state index in [0.29, 0.717) is 40.9 Å². The molecule has 1 saturated heterocycles. The summed E-state index contributed by atoms with van der Waals surface area (Å²) in [5, 5.41) is 6.84. The van der Waals surface area contributed by atoms with Crippen LogP contribution in [0.15, 0.2) is 33.7 Å². The van der Waals surface area contributed by atoms with Gasteiger partial charge in [-0.3, -0.25) is 4.79 Å². The maximum absolute atomic E-state index is 13.4. The molecule has 10 heteroatoms. The van der Waals surface area contributed by atoms with Crippen LogP contribution in [-0.2, 0) is 14.8 Å². The lowest BCUT2D eigenvalue weighted by Crippen LogP contribution is -2.43. The molecule has 32 heavy (non-hydrogen) atoms. The second-order valence-corrected chi connectivity index (χ2v) is 11.4. The van der Waals surface area contributed by atoms with Crippen LogP contribution in [0.2, 0.25) is 0 Å². The normalized spacial score (nSPS) is 17.4. The number of aromatic nitrogens is 2. The molecule has 3 heterocycles. The van der Waals surface area contributed by atoms with Gasteiger partial charge in [0.2, 0.25) is 27.6 Å². The zero-order chi connectivity index (χ0) is 23.0. The van der Waals surface area contributed by atoms with E-state index in [1.54, 1.807) is 19.9 Å². The number of hydrogen-bond acceptors (Lipinski definition) is 7. The molecule has 1 aliphatic rings.